The molecule has 6 nitrogen and oxygen atoms in total. The smallest absolute Gasteiger partial charge is 0.314 e. The third-order valence-corrected chi connectivity index (χ3v) is 4.77. The van der Waals surface area contributed by atoms with Crippen molar-refractivity contribution < 1.29 is 14.7 Å². The first-order valence-electron chi connectivity index (χ1n) is 7.49. The lowest BCUT2D eigenvalue weighted by Crippen LogP contribution is -2.51. The zero-order valence-electron chi connectivity index (χ0n) is 12.2. The van der Waals surface area contributed by atoms with Gasteiger partial charge in [-0.05, 0) is 39.3 Å². The first kappa shape index (κ1) is 15.1. The summed E-state index contributed by atoms with van der Waals surface area (Å²) in [6, 6.07) is 0.142. The number of hydrogen-bond acceptors (Lipinski definition) is 3. The topological polar surface area (TPSA) is 81.7 Å². The molecule has 1 heterocycles. The number of nitrogens with one attached hydrogen (secondary N) is 2. The fourth-order valence-electron chi connectivity index (χ4n) is 2.99. The number of likely N-dealkylation sites (N-methyl/N-ethyl adjacent to an activating group) is 1. The van der Waals surface area contributed by atoms with Gasteiger partial charge in [-0.1, -0.05) is 12.8 Å². The molecule has 0 aromatic heterocycles. The predicted molar refractivity (Wildman–Crippen MR) is 75.6 cm³/mol. The van der Waals surface area contributed by atoms with Crippen molar-refractivity contribution in [2.45, 2.75) is 44.6 Å². The molecule has 0 aromatic rings. The van der Waals surface area contributed by atoms with Crippen LogP contribution < -0.4 is 10.6 Å². The zero-order valence-corrected chi connectivity index (χ0v) is 12.2. The van der Waals surface area contributed by atoms with Crippen molar-refractivity contribution in [3.8, 4) is 0 Å². The highest BCUT2D eigenvalue weighted by molar-refractivity contribution is 5.78. The van der Waals surface area contributed by atoms with Gasteiger partial charge in [-0.2, -0.15) is 0 Å². The molecule has 1 saturated carbocycles. The number of carbonyl (C=O) groups excluding carboxylic acids is 1. The van der Waals surface area contributed by atoms with Crippen LogP contribution in [0.15, 0.2) is 0 Å². The number of likely N-dealkylation sites (tertiary alicyclic amines) is 1. The monoisotopic (exact) mass is 283 g/mol. The molecule has 3 N–H and O–H groups in total. The molecular weight excluding hydrogens is 258 g/mol. The average Bonchev–Trinajstić information content (AvgIpc) is 2.36. The second kappa shape index (κ2) is 6.43. The number of rotatable bonds is 5. The average molecular weight is 283 g/mol. The van der Waals surface area contributed by atoms with Crippen molar-refractivity contribution in [1.82, 2.24) is 15.5 Å². The maximum Gasteiger partial charge on any atom is 0.314 e. The zero-order chi connectivity index (χ0) is 14.6. The van der Waals surface area contributed by atoms with E-state index in [1.807, 2.05) is 0 Å². The molecule has 2 aliphatic rings. The second-order valence-electron chi connectivity index (χ2n) is 6.13. The molecule has 1 atom stereocenters. The van der Waals surface area contributed by atoms with Gasteiger partial charge in [0, 0.05) is 19.1 Å². The lowest BCUT2D eigenvalue weighted by molar-refractivity contribution is -0.153. The summed E-state index contributed by atoms with van der Waals surface area (Å²) < 4.78 is 0. The Kier molecular flexibility index (Phi) is 4.86. The van der Waals surface area contributed by atoms with Crippen LogP contribution in [0.25, 0.3) is 0 Å². The van der Waals surface area contributed by atoms with Crippen LogP contribution in [0.5, 0.6) is 0 Å². The normalized spacial score (nSPS) is 25.6. The molecule has 114 valence electrons. The summed E-state index contributed by atoms with van der Waals surface area (Å²) in [6.45, 7) is 1.94. The van der Waals surface area contributed by atoms with Crippen LogP contribution in [-0.2, 0) is 4.79 Å². The summed E-state index contributed by atoms with van der Waals surface area (Å²) in [5, 5.41) is 14.8. The van der Waals surface area contributed by atoms with E-state index in [-0.39, 0.29) is 12.6 Å². The Morgan fingerprint density at radius 1 is 1.25 bits per heavy atom. The Hall–Kier alpha value is -1.30. The fourth-order valence-corrected chi connectivity index (χ4v) is 2.99. The fraction of sp³-hybridized carbons (Fsp3) is 0.857. The molecule has 1 aliphatic carbocycles. The third-order valence-electron chi connectivity index (χ3n) is 4.77. The molecule has 0 aromatic carbocycles. The van der Waals surface area contributed by atoms with Gasteiger partial charge in [-0.25, -0.2) is 4.79 Å². The van der Waals surface area contributed by atoms with Crippen molar-refractivity contribution in [2.75, 3.05) is 26.7 Å². The van der Waals surface area contributed by atoms with Crippen LogP contribution >= 0.6 is 0 Å². The molecule has 20 heavy (non-hydrogen) atoms. The van der Waals surface area contributed by atoms with Crippen LogP contribution in [0.4, 0.5) is 4.79 Å². The molecule has 0 bridgehead atoms. The highest BCUT2D eigenvalue weighted by Gasteiger charge is 2.44. The van der Waals surface area contributed by atoms with Gasteiger partial charge in [-0.3, -0.25) is 4.79 Å². The van der Waals surface area contributed by atoms with Gasteiger partial charge in [0.15, 0.2) is 0 Å². The standard InChI is InChI=1S/C14H25N3O3/c1-17-8-3-2-5-11(17)9-15-13(20)16-10-14(12(18)19)6-4-7-14/h11H,2-10H2,1H3,(H,18,19)(H2,15,16,20). The largest absolute Gasteiger partial charge is 0.481 e. The molecule has 2 fully saturated rings. The van der Waals surface area contributed by atoms with Crippen molar-refractivity contribution in [3.05, 3.63) is 0 Å². The SMILES string of the molecule is CN1CCCCC1CNC(=O)NCC1(C(=O)O)CCC1. The number of carboxylic acids is 1. The lowest BCUT2D eigenvalue weighted by Gasteiger charge is -2.37. The van der Waals surface area contributed by atoms with E-state index in [0.29, 0.717) is 25.4 Å². The van der Waals surface area contributed by atoms with E-state index in [0.717, 1.165) is 19.4 Å². The molecule has 1 saturated heterocycles. The van der Waals surface area contributed by atoms with Crippen LogP contribution in [0.3, 0.4) is 0 Å². The summed E-state index contributed by atoms with van der Waals surface area (Å²) in [5.41, 5.74) is -0.723. The van der Waals surface area contributed by atoms with Crippen molar-refractivity contribution in [3.63, 3.8) is 0 Å². The Labute approximate surface area is 119 Å². The van der Waals surface area contributed by atoms with E-state index in [2.05, 4.69) is 22.6 Å². The summed E-state index contributed by atoms with van der Waals surface area (Å²) >= 11 is 0. The van der Waals surface area contributed by atoms with Crippen LogP contribution in [0, 0.1) is 5.41 Å². The number of amides is 2. The first-order valence-corrected chi connectivity index (χ1v) is 7.49. The maximum atomic E-state index is 11.8. The summed E-state index contributed by atoms with van der Waals surface area (Å²) in [4.78, 5) is 25.2. The molecule has 1 unspecified atom stereocenters. The maximum absolute atomic E-state index is 11.8. The molecule has 1 aliphatic heterocycles. The Morgan fingerprint density at radius 2 is 2.00 bits per heavy atom. The van der Waals surface area contributed by atoms with Crippen molar-refractivity contribution in [2.24, 2.45) is 5.41 Å². The molecule has 0 spiro atoms. The van der Waals surface area contributed by atoms with Gasteiger partial charge >= 0.3 is 12.0 Å². The Balaban J connectivity index is 1.69. The summed E-state index contributed by atoms with van der Waals surface area (Å²) in [6.07, 6.45) is 5.79. The third kappa shape index (κ3) is 3.42. The van der Waals surface area contributed by atoms with E-state index < -0.39 is 11.4 Å². The number of carbonyl (C=O) groups is 2. The quantitative estimate of drug-likeness (QED) is 0.704. The Morgan fingerprint density at radius 3 is 2.55 bits per heavy atom. The minimum absolute atomic E-state index is 0.231. The van der Waals surface area contributed by atoms with Gasteiger partial charge in [0.25, 0.3) is 0 Å². The van der Waals surface area contributed by atoms with E-state index in [9.17, 15) is 14.7 Å². The minimum Gasteiger partial charge on any atom is -0.481 e. The molecule has 2 amide bonds. The minimum atomic E-state index is -0.795. The van der Waals surface area contributed by atoms with E-state index in [4.69, 9.17) is 0 Å². The molecule has 0 radical (unpaired) electrons. The number of piperidine rings is 1. The molecule has 2 rings (SSSR count). The summed E-state index contributed by atoms with van der Waals surface area (Å²) in [7, 11) is 2.08. The molecular formula is C14H25N3O3. The summed E-state index contributed by atoms with van der Waals surface area (Å²) in [5.74, 6) is -0.795. The number of hydrogen-bond donors (Lipinski definition) is 3. The van der Waals surface area contributed by atoms with E-state index in [1.54, 1.807) is 0 Å². The van der Waals surface area contributed by atoms with Gasteiger partial charge in [0.05, 0.1) is 5.41 Å². The highest BCUT2D eigenvalue weighted by atomic mass is 16.4. The first-order chi connectivity index (χ1) is 9.53. The van der Waals surface area contributed by atoms with Gasteiger partial charge in [0.2, 0.25) is 0 Å². The second-order valence-corrected chi connectivity index (χ2v) is 6.13. The number of aliphatic carboxylic acids is 1. The van der Waals surface area contributed by atoms with Crippen LogP contribution in [0.2, 0.25) is 0 Å². The number of carboxylic acid groups (broad SMARTS) is 1. The van der Waals surface area contributed by atoms with Gasteiger partial charge < -0.3 is 20.6 Å². The van der Waals surface area contributed by atoms with Crippen molar-refractivity contribution >= 4 is 12.0 Å². The Bertz CT molecular complexity index is 369. The van der Waals surface area contributed by atoms with E-state index in [1.165, 1.54) is 12.8 Å². The van der Waals surface area contributed by atoms with Crippen LogP contribution in [-0.4, -0.2) is 54.7 Å². The number of urea groups is 1. The number of nitrogens with zero attached hydrogens (tertiary/aromatic N) is 1. The lowest BCUT2D eigenvalue weighted by atomic mass is 9.69. The van der Waals surface area contributed by atoms with E-state index >= 15 is 0 Å². The van der Waals surface area contributed by atoms with Crippen LogP contribution in [0.1, 0.15) is 38.5 Å². The highest BCUT2D eigenvalue weighted by Crippen LogP contribution is 2.40. The predicted octanol–water partition coefficient (Wildman–Crippen LogP) is 1.02. The molecule has 6 heteroatoms. The van der Waals surface area contributed by atoms with Crippen molar-refractivity contribution in [1.29, 1.82) is 0 Å². The van der Waals surface area contributed by atoms with Gasteiger partial charge in [-0.15, -0.1) is 0 Å². The van der Waals surface area contributed by atoms with Gasteiger partial charge in [0.1, 0.15) is 0 Å².